The van der Waals surface area contributed by atoms with Gasteiger partial charge in [0.15, 0.2) is 11.8 Å². The maximum atomic E-state index is 12.9. The molecule has 0 saturated carbocycles. The fraction of sp³-hybridized carbons (Fsp3) is 0.533. The number of hydrogen-bond acceptors (Lipinski definition) is 5. The van der Waals surface area contributed by atoms with E-state index in [1.807, 2.05) is 6.92 Å². The maximum Gasteiger partial charge on any atom is 0.199 e. The molecule has 0 amide bonds. The average Bonchev–Trinajstić information content (AvgIpc) is 2.43. The number of halogens is 1. The van der Waals surface area contributed by atoms with Crippen molar-refractivity contribution < 1.29 is 9.50 Å². The number of aliphatic hydroxyl groups is 1. The van der Waals surface area contributed by atoms with Crippen LogP contribution in [-0.2, 0) is 0 Å². The number of nitrogens with one attached hydrogen (secondary N) is 1. The molecule has 0 saturated heterocycles. The zero-order valence-corrected chi connectivity index (χ0v) is 13.4. The Morgan fingerprint density at radius 3 is 2.82 bits per heavy atom. The van der Waals surface area contributed by atoms with E-state index in [9.17, 15) is 9.50 Å². The third-order valence-corrected chi connectivity index (χ3v) is 3.16. The predicted molar refractivity (Wildman–Crippen MR) is 88.6 cm³/mol. The Morgan fingerprint density at radius 2 is 2.27 bits per heavy atom. The first kappa shape index (κ1) is 18.0. The molecule has 1 rings (SSSR count). The fourth-order valence-electron chi connectivity index (χ4n) is 1.89. The molecular weight excluding hydrogens is 285 g/mol. The van der Waals surface area contributed by atoms with Crippen molar-refractivity contribution in [2.24, 2.45) is 20.7 Å². The summed E-state index contributed by atoms with van der Waals surface area (Å²) in [5.41, 5.74) is 5.69. The summed E-state index contributed by atoms with van der Waals surface area (Å²) in [4.78, 5) is 12.6. The van der Waals surface area contributed by atoms with Gasteiger partial charge >= 0.3 is 0 Å². The summed E-state index contributed by atoms with van der Waals surface area (Å²) in [7, 11) is 0. The van der Waals surface area contributed by atoms with Gasteiger partial charge in [-0.25, -0.2) is 9.38 Å². The van der Waals surface area contributed by atoms with Gasteiger partial charge < -0.3 is 16.2 Å². The number of aliphatic hydroxyl groups excluding tert-OH is 1. The van der Waals surface area contributed by atoms with Crippen LogP contribution in [0.1, 0.15) is 40.0 Å². The van der Waals surface area contributed by atoms with Crippen molar-refractivity contribution >= 4 is 17.5 Å². The lowest BCUT2D eigenvalue weighted by atomic mass is 9.96. The molecule has 0 aromatic rings. The second-order valence-electron chi connectivity index (χ2n) is 5.49. The lowest BCUT2D eigenvalue weighted by Gasteiger charge is -2.25. The standard InChI is InChI=1S/C15H24FN5O/c1-5-6-7-15(4,9-22)21-13-12(18-8-10(2)16)11(3)19-14(17)20-13/h8,22H,3,5-7,9H2,1-2,4H3,(H3,17,19,20,21)/b10-8+,18-12?/t15-/m1/s1. The highest BCUT2D eigenvalue weighted by Gasteiger charge is 2.26. The van der Waals surface area contributed by atoms with E-state index in [2.05, 4.69) is 33.8 Å². The van der Waals surface area contributed by atoms with Crippen LogP contribution in [0.3, 0.4) is 0 Å². The lowest BCUT2D eigenvalue weighted by molar-refractivity contribution is 0.199. The molecule has 4 N–H and O–H groups in total. The molecule has 0 aromatic heterocycles. The third-order valence-electron chi connectivity index (χ3n) is 3.16. The van der Waals surface area contributed by atoms with Gasteiger partial charge in [-0.1, -0.05) is 26.3 Å². The Morgan fingerprint density at radius 1 is 1.59 bits per heavy atom. The molecule has 0 unspecified atom stereocenters. The molecule has 0 spiro atoms. The van der Waals surface area contributed by atoms with Crippen LogP contribution in [0.5, 0.6) is 0 Å². The van der Waals surface area contributed by atoms with Gasteiger partial charge in [0, 0.05) is 0 Å². The molecule has 0 bridgehead atoms. The van der Waals surface area contributed by atoms with Crippen LogP contribution < -0.4 is 11.1 Å². The number of aliphatic imine (C=N–C) groups is 3. The van der Waals surface area contributed by atoms with Gasteiger partial charge in [-0.05, 0) is 20.3 Å². The zero-order valence-electron chi connectivity index (χ0n) is 13.4. The van der Waals surface area contributed by atoms with Gasteiger partial charge in [-0.2, -0.15) is 4.99 Å². The van der Waals surface area contributed by atoms with Crippen molar-refractivity contribution in [1.82, 2.24) is 5.32 Å². The number of nitrogens with zero attached hydrogens (tertiary/aromatic N) is 3. The Labute approximate surface area is 130 Å². The quantitative estimate of drug-likeness (QED) is 0.700. The van der Waals surface area contributed by atoms with Crippen LogP contribution in [-0.4, -0.2) is 34.8 Å². The zero-order chi connectivity index (χ0) is 16.8. The largest absolute Gasteiger partial charge is 0.394 e. The summed E-state index contributed by atoms with van der Waals surface area (Å²) in [6, 6.07) is 0. The number of amidine groups is 1. The molecule has 0 radical (unpaired) electrons. The molecule has 6 nitrogen and oxygen atoms in total. The SMILES string of the molecule is C=C1NC(N)=NC(=N[C@@](C)(CO)CCCC)C1=N/C=C(\C)F. The number of guanidine groups is 1. The fourth-order valence-corrected chi connectivity index (χ4v) is 1.89. The number of unbranched alkanes of at least 4 members (excludes halogenated alkanes) is 1. The maximum absolute atomic E-state index is 12.9. The van der Waals surface area contributed by atoms with E-state index in [0.717, 1.165) is 19.0 Å². The first-order valence-corrected chi connectivity index (χ1v) is 7.23. The van der Waals surface area contributed by atoms with Gasteiger partial charge in [0.1, 0.15) is 11.5 Å². The van der Waals surface area contributed by atoms with Crippen molar-refractivity contribution in [2.45, 2.75) is 45.6 Å². The molecule has 122 valence electrons. The van der Waals surface area contributed by atoms with Crippen molar-refractivity contribution in [1.29, 1.82) is 0 Å². The van der Waals surface area contributed by atoms with Crippen molar-refractivity contribution in [3.63, 3.8) is 0 Å². The normalized spacial score (nSPS) is 22.5. The smallest absolute Gasteiger partial charge is 0.199 e. The number of nitrogens with two attached hydrogens (primary N) is 1. The molecule has 1 aliphatic heterocycles. The molecule has 0 aliphatic carbocycles. The molecule has 1 heterocycles. The van der Waals surface area contributed by atoms with Gasteiger partial charge in [0.2, 0.25) is 0 Å². The van der Waals surface area contributed by atoms with E-state index in [0.29, 0.717) is 17.8 Å². The summed E-state index contributed by atoms with van der Waals surface area (Å²) in [5.74, 6) is -0.0658. The molecule has 7 heteroatoms. The van der Waals surface area contributed by atoms with Crippen LogP contribution >= 0.6 is 0 Å². The first-order valence-electron chi connectivity index (χ1n) is 7.23. The van der Waals surface area contributed by atoms with Gasteiger partial charge in [0.25, 0.3) is 0 Å². The molecule has 0 aromatic carbocycles. The highest BCUT2D eigenvalue weighted by molar-refractivity contribution is 6.50. The summed E-state index contributed by atoms with van der Waals surface area (Å²) in [6.07, 6.45) is 3.67. The third kappa shape index (κ3) is 5.07. The minimum atomic E-state index is -0.692. The summed E-state index contributed by atoms with van der Waals surface area (Å²) in [5, 5.41) is 12.4. The highest BCUT2D eigenvalue weighted by Crippen LogP contribution is 2.20. The Bertz CT molecular complexity index is 546. The minimum absolute atomic E-state index is 0.128. The van der Waals surface area contributed by atoms with E-state index < -0.39 is 11.4 Å². The van der Waals surface area contributed by atoms with Crippen molar-refractivity contribution in [2.75, 3.05) is 6.61 Å². The van der Waals surface area contributed by atoms with E-state index >= 15 is 0 Å². The molecular formula is C15H24FN5O. The van der Waals surface area contributed by atoms with Crippen LogP contribution in [0.2, 0.25) is 0 Å². The van der Waals surface area contributed by atoms with E-state index in [4.69, 9.17) is 5.73 Å². The molecule has 0 fully saturated rings. The Hall–Kier alpha value is -2.02. The number of allylic oxidation sites excluding steroid dienone is 1. The second kappa shape index (κ2) is 7.84. The van der Waals surface area contributed by atoms with Crippen LogP contribution in [0.15, 0.2) is 39.3 Å². The van der Waals surface area contributed by atoms with Gasteiger partial charge in [-0.15, -0.1) is 0 Å². The Balaban J connectivity index is 3.26. The monoisotopic (exact) mass is 309 g/mol. The number of hydrogen-bond donors (Lipinski definition) is 3. The Kier molecular flexibility index (Phi) is 6.42. The van der Waals surface area contributed by atoms with Crippen molar-refractivity contribution in [3.05, 3.63) is 24.3 Å². The van der Waals surface area contributed by atoms with Crippen molar-refractivity contribution in [3.8, 4) is 0 Å². The van der Waals surface area contributed by atoms with Crippen LogP contribution in [0.4, 0.5) is 4.39 Å². The van der Waals surface area contributed by atoms with E-state index in [-0.39, 0.29) is 18.4 Å². The van der Waals surface area contributed by atoms with E-state index in [1.165, 1.54) is 6.92 Å². The van der Waals surface area contributed by atoms with Gasteiger partial charge in [0.05, 0.1) is 24.0 Å². The van der Waals surface area contributed by atoms with Gasteiger partial charge in [-0.3, -0.25) is 4.99 Å². The average molecular weight is 309 g/mol. The topological polar surface area (TPSA) is 95.4 Å². The van der Waals surface area contributed by atoms with E-state index in [1.54, 1.807) is 0 Å². The molecule has 1 atom stereocenters. The second-order valence-corrected chi connectivity index (χ2v) is 5.49. The summed E-state index contributed by atoms with van der Waals surface area (Å²) < 4.78 is 12.9. The first-order chi connectivity index (χ1) is 10.3. The molecule has 1 aliphatic rings. The van der Waals surface area contributed by atoms with Crippen LogP contribution in [0, 0.1) is 0 Å². The summed E-state index contributed by atoms with van der Waals surface area (Å²) in [6.45, 7) is 8.85. The predicted octanol–water partition coefficient (Wildman–Crippen LogP) is 2.03. The number of rotatable bonds is 6. The van der Waals surface area contributed by atoms with Crippen LogP contribution in [0.25, 0.3) is 0 Å². The molecule has 22 heavy (non-hydrogen) atoms. The summed E-state index contributed by atoms with van der Waals surface area (Å²) >= 11 is 0. The highest BCUT2D eigenvalue weighted by atomic mass is 19.1. The lowest BCUT2D eigenvalue weighted by Crippen LogP contribution is -2.42. The minimum Gasteiger partial charge on any atom is -0.394 e.